The van der Waals surface area contributed by atoms with Gasteiger partial charge in [-0.05, 0) is 87.7 Å². The number of ether oxygens (including phenoxy) is 3. The van der Waals surface area contributed by atoms with E-state index in [1.807, 2.05) is 42.1 Å². The molecule has 3 aromatic carbocycles. The van der Waals surface area contributed by atoms with Gasteiger partial charge in [0, 0.05) is 76.8 Å². The second kappa shape index (κ2) is 18.9. The Balaban J connectivity index is 0.837. The van der Waals surface area contributed by atoms with Crippen molar-refractivity contribution >= 4 is 61.4 Å². The molecule has 0 spiro atoms. The van der Waals surface area contributed by atoms with Gasteiger partial charge < -0.3 is 39.1 Å². The van der Waals surface area contributed by atoms with E-state index in [4.69, 9.17) is 14.2 Å². The molecule has 3 fully saturated rings. The molecule has 0 unspecified atom stereocenters. The van der Waals surface area contributed by atoms with Gasteiger partial charge in [-0.15, -0.1) is 0 Å². The number of methoxy groups -OCH3 is 1. The number of rotatable bonds is 15. The van der Waals surface area contributed by atoms with E-state index in [0.717, 1.165) is 62.8 Å². The molecule has 17 heteroatoms. The predicted molar refractivity (Wildman–Crippen MR) is 229 cm³/mol. The molecular formula is C43H54N8O8S. The molecule has 0 aliphatic carbocycles. The van der Waals surface area contributed by atoms with Gasteiger partial charge in [0.15, 0.2) is 0 Å². The highest BCUT2D eigenvalue weighted by Gasteiger charge is 2.31. The van der Waals surface area contributed by atoms with Crippen molar-refractivity contribution in [3.05, 3.63) is 66.5 Å². The Morgan fingerprint density at radius 3 is 2.37 bits per heavy atom. The van der Waals surface area contributed by atoms with Crippen molar-refractivity contribution in [3.63, 3.8) is 0 Å². The molecule has 2 N–H and O–H groups in total. The smallest absolute Gasteiger partial charge is 0.253 e. The van der Waals surface area contributed by atoms with Crippen molar-refractivity contribution in [2.24, 2.45) is 0 Å². The first-order valence-electron chi connectivity index (χ1n) is 20.5. The summed E-state index contributed by atoms with van der Waals surface area (Å²) in [6, 6.07) is 15.8. The molecule has 7 rings (SSSR count). The van der Waals surface area contributed by atoms with Crippen molar-refractivity contribution in [1.82, 2.24) is 24.5 Å². The molecule has 1 aromatic heterocycles. The SMILES string of the molecule is CNS(=O)(=O)c1ccc(N(C)C)c(Nc2ncnc3cc(OCCCN4CCC(OC5CCN(C(=O)c6ccc(OC)c(N7CCC(=O)CC7=O)c6)CC5)CC4)ccc23)c1. The van der Waals surface area contributed by atoms with E-state index in [1.54, 1.807) is 41.3 Å². The summed E-state index contributed by atoms with van der Waals surface area (Å²) < 4.78 is 45.5. The number of benzene rings is 3. The number of amides is 2. The summed E-state index contributed by atoms with van der Waals surface area (Å²) in [6.07, 6.45) is 6.26. The van der Waals surface area contributed by atoms with Crippen LogP contribution in [0.2, 0.25) is 0 Å². The molecule has 60 heavy (non-hydrogen) atoms. The van der Waals surface area contributed by atoms with E-state index in [0.29, 0.717) is 59.5 Å². The summed E-state index contributed by atoms with van der Waals surface area (Å²) in [6.45, 7) is 4.87. The Bertz CT molecular complexity index is 2310. The van der Waals surface area contributed by atoms with Crippen molar-refractivity contribution in [3.8, 4) is 11.5 Å². The van der Waals surface area contributed by atoms with Gasteiger partial charge in [0.25, 0.3) is 5.91 Å². The molecule has 0 atom stereocenters. The van der Waals surface area contributed by atoms with Crippen LogP contribution in [0.3, 0.4) is 0 Å². The number of nitrogens with one attached hydrogen (secondary N) is 2. The maximum Gasteiger partial charge on any atom is 0.253 e. The van der Waals surface area contributed by atoms with Crippen molar-refractivity contribution in [2.75, 3.05) is 89.2 Å². The third kappa shape index (κ3) is 9.97. The number of nitrogens with zero attached hydrogens (tertiary/aromatic N) is 6. The number of likely N-dealkylation sites (tertiary alicyclic amines) is 2. The number of hydrogen-bond donors (Lipinski definition) is 2. The lowest BCUT2D eigenvalue weighted by Crippen LogP contribution is -2.44. The van der Waals surface area contributed by atoms with Gasteiger partial charge in [0.2, 0.25) is 15.9 Å². The summed E-state index contributed by atoms with van der Waals surface area (Å²) >= 11 is 0. The third-order valence-corrected chi connectivity index (χ3v) is 12.8. The van der Waals surface area contributed by atoms with Gasteiger partial charge in [-0.3, -0.25) is 14.4 Å². The standard InChI is InChI=1S/C43H54N8O8S/c1-44-60(55,56)34-8-10-38(48(2)3)37(27-34)47-42-35-9-7-33(26-36(35)45-28-46-42)58-23-5-17-49-18-13-31(14-19-49)59-32-15-20-50(21-16-32)43(54)29-6-11-40(57-4)39(24-29)51-22-12-30(52)25-41(51)53/h6-11,24,26-28,31-32,44H,5,12-23,25H2,1-4H3,(H,45,46,47). The summed E-state index contributed by atoms with van der Waals surface area (Å²) in [5.41, 5.74) is 3.12. The maximum atomic E-state index is 13.5. The van der Waals surface area contributed by atoms with Gasteiger partial charge in [-0.1, -0.05) is 0 Å². The van der Waals surface area contributed by atoms with Crippen LogP contribution in [-0.4, -0.2) is 132 Å². The van der Waals surface area contributed by atoms with E-state index in [9.17, 15) is 22.8 Å². The summed E-state index contributed by atoms with van der Waals surface area (Å²) in [7, 11) is 3.05. The molecule has 4 heterocycles. The van der Waals surface area contributed by atoms with Crippen molar-refractivity contribution in [2.45, 2.75) is 62.0 Å². The largest absolute Gasteiger partial charge is 0.495 e. The lowest BCUT2D eigenvalue weighted by molar-refractivity contribution is -0.128. The highest BCUT2D eigenvalue weighted by Crippen LogP contribution is 2.34. The minimum absolute atomic E-state index is 0.0751. The molecule has 0 radical (unpaired) electrons. The zero-order valence-electron chi connectivity index (χ0n) is 34.7. The van der Waals surface area contributed by atoms with Crippen LogP contribution in [0.25, 0.3) is 10.9 Å². The van der Waals surface area contributed by atoms with Crippen molar-refractivity contribution in [1.29, 1.82) is 0 Å². The van der Waals surface area contributed by atoms with E-state index in [1.165, 1.54) is 20.5 Å². The number of hydrogen-bond acceptors (Lipinski definition) is 13. The third-order valence-electron chi connectivity index (χ3n) is 11.4. The molecule has 0 bridgehead atoms. The van der Waals surface area contributed by atoms with Crippen molar-refractivity contribution < 1.29 is 37.0 Å². The number of sulfonamides is 1. The summed E-state index contributed by atoms with van der Waals surface area (Å²) in [5.74, 6) is 1.32. The molecule has 3 aliphatic heterocycles. The quantitative estimate of drug-likeness (QED) is 0.126. The highest BCUT2D eigenvalue weighted by molar-refractivity contribution is 7.89. The topological polar surface area (TPSA) is 176 Å². The number of carbonyl (C=O) groups is 3. The van der Waals surface area contributed by atoms with Crippen LogP contribution >= 0.6 is 0 Å². The van der Waals surface area contributed by atoms with Crippen LogP contribution in [0.1, 0.15) is 55.3 Å². The fourth-order valence-corrected chi connectivity index (χ4v) is 8.80. The van der Waals surface area contributed by atoms with Crippen LogP contribution < -0.4 is 29.3 Å². The molecule has 3 saturated heterocycles. The number of anilines is 4. The minimum atomic E-state index is -3.64. The minimum Gasteiger partial charge on any atom is -0.495 e. The summed E-state index contributed by atoms with van der Waals surface area (Å²) in [5, 5.41) is 4.09. The lowest BCUT2D eigenvalue weighted by atomic mass is 10.0. The number of fused-ring (bicyclic) bond motifs is 1. The van der Waals surface area contributed by atoms with Gasteiger partial charge in [-0.2, -0.15) is 0 Å². The van der Waals surface area contributed by atoms with Crippen LogP contribution in [-0.2, 0) is 24.3 Å². The van der Waals surface area contributed by atoms with E-state index in [2.05, 4.69) is 24.9 Å². The second-order valence-electron chi connectivity index (χ2n) is 15.6. The molecular weight excluding hydrogens is 789 g/mol. The number of Topliss-reactive ketones (excluding diaryl/α,β-unsaturated/α-hetero) is 1. The fraction of sp³-hybridized carbons (Fsp3) is 0.465. The van der Waals surface area contributed by atoms with Crippen LogP contribution in [0.5, 0.6) is 11.5 Å². The highest BCUT2D eigenvalue weighted by atomic mass is 32.2. The average Bonchev–Trinajstić information content (AvgIpc) is 3.25. The zero-order chi connectivity index (χ0) is 42.4. The summed E-state index contributed by atoms with van der Waals surface area (Å²) in [4.78, 5) is 54.7. The van der Waals surface area contributed by atoms with Crippen LogP contribution in [0.4, 0.5) is 22.9 Å². The number of aromatic nitrogens is 2. The van der Waals surface area contributed by atoms with Crippen LogP contribution in [0.15, 0.2) is 65.8 Å². The monoisotopic (exact) mass is 842 g/mol. The normalized spacial score (nSPS) is 17.3. The Hall–Kier alpha value is -5.36. The Labute approximate surface area is 351 Å². The number of piperidine rings is 3. The predicted octanol–water partition coefficient (Wildman–Crippen LogP) is 4.61. The van der Waals surface area contributed by atoms with E-state index in [-0.39, 0.29) is 54.1 Å². The molecule has 0 saturated carbocycles. The second-order valence-corrected chi connectivity index (χ2v) is 17.5. The number of carbonyl (C=O) groups excluding carboxylic acids is 3. The Morgan fingerprint density at radius 2 is 1.67 bits per heavy atom. The van der Waals surface area contributed by atoms with Gasteiger partial charge in [-0.25, -0.2) is 23.1 Å². The first-order chi connectivity index (χ1) is 28.9. The van der Waals surface area contributed by atoms with Gasteiger partial charge in [0.05, 0.1) is 59.8 Å². The lowest BCUT2D eigenvalue weighted by Gasteiger charge is -2.37. The molecule has 3 aliphatic rings. The molecule has 2 amide bonds. The number of ketones is 1. The first kappa shape index (κ1) is 42.8. The van der Waals surface area contributed by atoms with Gasteiger partial charge in [0.1, 0.15) is 29.4 Å². The van der Waals surface area contributed by atoms with Crippen LogP contribution in [0, 0.1) is 0 Å². The van der Waals surface area contributed by atoms with E-state index >= 15 is 0 Å². The zero-order valence-corrected chi connectivity index (χ0v) is 35.5. The average molecular weight is 843 g/mol. The van der Waals surface area contributed by atoms with E-state index < -0.39 is 10.0 Å². The maximum absolute atomic E-state index is 13.5. The molecule has 4 aromatic rings. The fourth-order valence-electron chi connectivity index (χ4n) is 8.04. The van der Waals surface area contributed by atoms with Gasteiger partial charge >= 0.3 is 0 Å². The Morgan fingerprint density at radius 1 is 0.917 bits per heavy atom. The molecule has 320 valence electrons. The Kier molecular flexibility index (Phi) is 13.5. The molecule has 16 nitrogen and oxygen atoms in total. The first-order valence-corrected chi connectivity index (χ1v) is 22.0.